The van der Waals surface area contributed by atoms with E-state index in [2.05, 4.69) is 36.6 Å². The molecule has 1 aromatic rings. The van der Waals surface area contributed by atoms with E-state index in [1.54, 1.807) is 9.47 Å². The molecular weight excluding hydrogens is 502 g/mol. The third-order valence-electron chi connectivity index (χ3n) is 7.55. The van der Waals surface area contributed by atoms with E-state index in [0.717, 1.165) is 76.2 Å². The number of hydrogen-bond acceptors (Lipinski definition) is 7. The van der Waals surface area contributed by atoms with Gasteiger partial charge in [-0.05, 0) is 43.9 Å². The number of unbranched alkanes of at least 4 members (excludes halogenated alkanes) is 1. The number of rotatable bonds is 11. The molecule has 1 amide bonds. The van der Waals surface area contributed by atoms with Crippen LogP contribution in [0.3, 0.4) is 0 Å². The minimum atomic E-state index is -0.249. The number of piperazine rings is 1. The van der Waals surface area contributed by atoms with Gasteiger partial charge in [0.05, 0.1) is 4.91 Å². The number of aromatic nitrogens is 1. The molecule has 3 rings (SSSR count). The Morgan fingerprint density at radius 2 is 1.81 bits per heavy atom. The second-order valence-corrected chi connectivity index (χ2v) is 11.6. The number of hydrogen-bond donors (Lipinski definition) is 0. The van der Waals surface area contributed by atoms with Crippen molar-refractivity contribution in [2.45, 2.75) is 73.3 Å². The first kappa shape index (κ1) is 29.4. The molecule has 0 N–H and O–H groups in total. The van der Waals surface area contributed by atoms with Gasteiger partial charge >= 0.3 is 0 Å². The molecule has 1 unspecified atom stereocenters. The standard InChI is InChI=1S/C28H41N5O2S2/c1-6-10-11-21(8-3)19-33-27(35)24(37-28(33)36)17-22-20(5)23(18-29)26(34)32(12-7-2)25(22)31-15-13-30(9-4)14-16-31/h17,21H,6-16,19H2,1-5H3. The van der Waals surface area contributed by atoms with Crippen LogP contribution < -0.4 is 10.5 Å². The van der Waals surface area contributed by atoms with E-state index >= 15 is 0 Å². The van der Waals surface area contributed by atoms with E-state index in [1.807, 2.05) is 19.9 Å². The van der Waals surface area contributed by atoms with Gasteiger partial charge in [-0.3, -0.25) is 19.1 Å². The summed E-state index contributed by atoms with van der Waals surface area (Å²) in [5, 5.41) is 9.87. The van der Waals surface area contributed by atoms with Crippen molar-refractivity contribution in [1.82, 2.24) is 14.4 Å². The van der Waals surface area contributed by atoms with E-state index in [4.69, 9.17) is 12.2 Å². The molecule has 2 saturated heterocycles. The van der Waals surface area contributed by atoms with Gasteiger partial charge in [0.2, 0.25) is 0 Å². The quantitative estimate of drug-likeness (QED) is 0.287. The van der Waals surface area contributed by atoms with Crippen LogP contribution in [0.4, 0.5) is 5.82 Å². The Balaban J connectivity index is 2.07. The van der Waals surface area contributed by atoms with E-state index in [1.165, 1.54) is 11.8 Å². The predicted octanol–water partition coefficient (Wildman–Crippen LogP) is 5.00. The molecule has 0 saturated carbocycles. The van der Waals surface area contributed by atoms with Gasteiger partial charge in [-0.2, -0.15) is 5.26 Å². The van der Waals surface area contributed by atoms with Crippen LogP contribution in [0.1, 0.15) is 76.5 Å². The van der Waals surface area contributed by atoms with Gasteiger partial charge < -0.3 is 9.80 Å². The Labute approximate surface area is 231 Å². The molecule has 2 fully saturated rings. The monoisotopic (exact) mass is 543 g/mol. The van der Waals surface area contributed by atoms with Crippen LogP contribution >= 0.6 is 24.0 Å². The zero-order valence-electron chi connectivity index (χ0n) is 23.0. The number of anilines is 1. The van der Waals surface area contributed by atoms with Crippen molar-refractivity contribution in [3.05, 3.63) is 31.9 Å². The van der Waals surface area contributed by atoms with E-state index in [-0.39, 0.29) is 17.0 Å². The lowest BCUT2D eigenvalue weighted by Gasteiger charge is -2.37. The zero-order chi connectivity index (χ0) is 27.1. The Bertz CT molecular complexity index is 1130. The smallest absolute Gasteiger partial charge is 0.270 e. The van der Waals surface area contributed by atoms with Crippen molar-refractivity contribution in [1.29, 1.82) is 5.26 Å². The van der Waals surface area contributed by atoms with Crippen LogP contribution in [0.15, 0.2) is 9.70 Å². The number of nitrogens with zero attached hydrogens (tertiary/aromatic N) is 5. The second-order valence-electron chi connectivity index (χ2n) is 9.94. The first-order valence-electron chi connectivity index (χ1n) is 13.7. The fraction of sp³-hybridized carbons (Fsp3) is 0.643. The van der Waals surface area contributed by atoms with Crippen LogP contribution in [0.5, 0.6) is 0 Å². The maximum Gasteiger partial charge on any atom is 0.270 e. The summed E-state index contributed by atoms with van der Waals surface area (Å²) in [6.07, 6.45) is 7.04. The fourth-order valence-corrected chi connectivity index (χ4v) is 6.41. The Morgan fingerprint density at radius 1 is 1.11 bits per heavy atom. The van der Waals surface area contributed by atoms with Gasteiger partial charge in [-0.15, -0.1) is 0 Å². The predicted molar refractivity (Wildman–Crippen MR) is 158 cm³/mol. The lowest BCUT2D eigenvalue weighted by Crippen LogP contribution is -2.48. The van der Waals surface area contributed by atoms with E-state index in [9.17, 15) is 14.9 Å². The highest BCUT2D eigenvalue weighted by molar-refractivity contribution is 8.26. The molecule has 9 heteroatoms. The third-order valence-corrected chi connectivity index (χ3v) is 8.92. The van der Waals surface area contributed by atoms with Crippen LogP contribution in [-0.2, 0) is 11.3 Å². The number of nitriles is 1. The molecule has 202 valence electrons. The minimum Gasteiger partial charge on any atom is -0.355 e. The lowest BCUT2D eigenvalue weighted by atomic mass is 9.99. The third kappa shape index (κ3) is 6.47. The molecule has 0 aliphatic carbocycles. The molecule has 2 aliphatic rings. The van der Waals surface area contributed by atoms with Crippen LogP contribution in [-0.4, -0.2) is 63.9 Å². The topological polar surface area (TPSA) is 72.6 Å². The normalized spacial score (nSPS) is 18.6. The molecule has 1 atom stereocenters. The largest absolute Gasteiger partial charge is 0.355 e. The summed E-state index contributed by atoms with van der Waals surface area (Å²) in [4.78, 5) is 33.9. The highest BCUT2D eigenvalue weighted by Gasteiger charge is 2.34. The molecule has 1 aromatic heterocycles. The van der Waals surface area contributed by atoms with Crippen molar-refractivity contribution in [3.63, 3.8) is 0 Å². The number of carbonyl (C=O) groups excluding carboxylic acids is 1. The Morgan fingerprint density at radius 3 is 2.38 bits per heavy atom. The second kappa shape index (κ2) is 13.6. The maximum atomic E-state index is 13.6. The molecule has 0 radical (unpaired) electrons. The van der Waals surface area contributed by atoms with Gasteiger partial charge in [0.1, 0.15) is 21.8 Å². The van der Waals surface area contributed by atoms with Gasteiger partial charge in [-0.25, -0.2) is 0 Å². The number of amides is 1. The van der Waals surface area contributed by atoms with E-state index in [0.29, 0.717) is 33.8 Å². The summed E-state index contributed by atoms with van der Waals surface area (Å²) in [5.74, 6) is 1.17. The summed E-state index contributed by atoms with van der Waals surface area (Å²) in [6.45, 7) is 15.9. The number of carbonyl (C=O) groups is 1. The van der Waals surface area contributed by atoms with Gasteiger partial charge in [0, 0.05) is 44.8 Å². The Kier molecular flexibility index (Phi) is 10.8. The first-order chi connectivity index (χ1) is 17.8. The van der Waals surface area contributed by atoms with Crippen LogP contribution in [0.25, 0.3) is 6.08 Å². The first-order valence-corrected chi connectivity index (χ1v) is 14.9. The lowest BCUT2D eigenvalue weighted by molar-refractivity contribution is -0.122. The number of likely N-dealkylation sites (N-methyl/N-ethyl adjacent to an activating group) is 1. The van der Waals surface area contributed by atoms with Crippen molar-refractivity contribution >= 4 is 46.1 Å². The van der Waals surface area contributed by atoms with Gasteiger partial charge in [-0.1, -0.05) is 70.9 Å². The van der Waals surface area contributed by atoms with Crippen molar-refractivity contribution in [3.8, 4) is 6.07 Å². The summed E-state index contributed by atoms with van der Waals surface area (Å²) in [5.41, 5.74) is 1.32. The highest BCUT2D eigenvalue weighted by Crippen LogP contribution is 2.37. The summed E-state index contributed by atoms with van der Waals surface area (Å²) in [6, 6.07) is 2.14. The van der Waals surface area contributed by atoms with Gasteiger partial charge in [0.25, 0.3) is 11.5 Å². The molecular formula is C28H41N5O2S2. The molecule has 2 aliphatic heterocycles. The van der Waals surface area contributed by atoms with E-state index < -0.39 is 0 Å². The van der Waals surface area contributed by atoms with Crippen LogP contribution in [0.2, 0.25) is 0 Å². The highest BCUT2D eigenvalue weighted by atomic mass is 32.2. The average Bonchev–Trinajstić information content (AvgIpc) is 3.16. The summed E-state index contributed by atoms with van der Waals surface area (Å²) >= 11 is 6.98. The minimum absolute atomic E-state index is 0.0714. The SMILES string of the molecule is CCCCC(CC)CN1C(=O)C(=Cc2c(C)c(C#N)c(=O)n(CCC)c2N2CCN(CC)CC2)SC1=S. The van der Waals surface area contributed by atoms with Gasteiger partial charge in [0.15, 0.2) is 0 Å². The van der Waals surface area contributed by atoms with Crippen molar-refractivity contribution in [2.75, 3.05) is 44.2 Å². The molecule has 3 heterocycles. The molecule has 7 nitrogen and oxygen atoms in total. The molecule has 0 aromatic carbocycles. The summed E-state index contributed by atoms with van der Waals surface area (Å²) < 4.78 is 2.33. The zero-order valence-corrected chi connectivity index (χ0v) is 24.6. The molecule has 0 spiro atoms. The van der Waals surface area contributed by atoms with Crippen LogP contribution in [0, 0.1) is 24.2 Å². The molecule has 0 bridgehead atoms. The van der Waals surface area contributed by atoms with Crippen molar-refractivity contribution < 1.29 is 4.79 Å². The number of pyridine rings is 1. The van der Waals surface area contributed by atoms with Crippen molar-refractivity contribution in [2.24, 2.45) is 5.92 Å². The number of thiocarbonyl (C=S) groups is 1. The number of thioether (sulfide) groups is 1. The maximum absolute atomic E-state index is 13.6. The summed E-state index contributed by atoms with van der Waals surface area (Å²) in [7, 11) is 0. The molecule has 37 heavy (non-hydrogen) atoms. The fourth-order valence-electron chi connectivity index (χ4n) is 5.16. The average molecular weight is 544 g/mol. The Hall–Kier alpha value is -2.15.